The Hall–Kier alpha value is -2.45. The predicted octanol–water partition coefficient (Wildman–Crippen LogP) is 11.5. The Bertz CT molecular complexity index is 1090. The van der Waals surface area contributed by atoms with E-state index in [-0.39, 0.29) is 16.8 Å². The Labute approximate surface area is 231 Å². The molecule has 0 bridgehead atoms. The highest BCUT2D eigenvalue weighted by molar-refractivity contribution is 6.31. The van der Waals surface area contributed by atoms with Gasteiger partial charge in [0, 0.05) is 23.4 Å². The van der Waals surface area contributed by atoms with Crippen LogP contribution < -0.4 is 0 Å². The average Bonchev–Trinajstić information content (AvgIpc) is 2.87. The van der Waals surface area contributed by atoms with Crippen LogP contribution in [0.25, 0.3) is 5.57 Å². The number of aryl methyl sites for hydroxylation is 2. The van der Waals surface area contributed by atoms with Crippen molar-refractivity contribution in [3.8, 4) is 0 Å². The number of allylic oxidation sites excluding steroid dienone is 4. The molecule has 0 radical (unpaired) electrons. The fourth-order valence-electron chi connectivity index (χ4n) is 4.17. The van der Waals surface area contributed by atoms with Crippen molar-refractivity contribution in [2.75, 3.05) is 0 Å². The number of halogens is 2. The number of benzene rings is 2. The molecule has 0 aromatic heterocycles. The van der Waals surface area contributed by atoms with Crippen molar-refractivity contribution in [1.82, 2.24) is 0 Å². The molecule has 2 aromatic rings. The number of aliphatic imine (C=N–C) groups is 1. The fourth-order valence-corrected chi connectivity index (χ4v) is 4.33. The lowest BCUT2D eigenvalue weighted by molar-refractivity contribution is 0.619. The second-order valence-corrected chi connectivity index (χ2v) is 10.3. The van der Waals surface area contributed by atoms with Gasteiger partial charge in [-0.2, -0.15) is 0 Å². The van der Waals surface area contributed by atoms with Crippen LogP contribution in [0.4, 0.5) is 4.39 Å². The van der Waals surface area contributed by atoms with E-state index >= 15 is 4.39 Å². The van der Waals surface area contributed by atoms with Gasteiger partial charge in [0.2, 0.25) is 0 Å². The molecule has 2 rings (SSSR count). The van der Waals surface area contributed by atoms with E-state index < -0.39 is 0 Å². The lowest BCUT2D eigenvalue weighted by Gasteiger charge is -2.22. The Kier molecular flexibility index (Phi) is 15.1. The summed E-state index contributed by atoms with van der Waals surface area (Å²) < 4.78 is 15.0. The van der Waals surface area contributed by atoms with E-state index in [2.05, 4.69) is 77.4 Å². The normalized spacial score (nSPS) is 13.2. The highest BCUT2D eigenvalue weighted by Crippen LogP contribution is 2.38. The molecule has 2 aromatic carbocycles. The summed E-state index contributed by atoms with van der Waals surface area (Å²) in [5.74, 6) is -0.0295. The van der Waals surface area contributed by atoms with E-state index in [4.69, 9.17) is 11.6 Å². The van der Waals surface area contributed by atoms with E-state index in [1.165, 1.54) is 22.4 Å². The quantitative estimate of drug-likeness (QED) is 0.205. The molecule has 1 unspecified atom stereocenters. The number of hydrogen-bond acceptors (Lipinski definition) is 1. The first-order chi connectivity index (χ1) is 17.6. The number of rotatable bonds is 11. The Balaban J connectivity index is 0.000000525. The molecule has 0 amide bonds. The highest BCUT2D eigenvalue weighted by atomic mass is 35.5. The van der Waals surface area contributed by atoms with Gasteiger partial charge < -0.3 is 0 Å². The third-order valence-electron chi connectivity index (χ3n) is 6.61. The van der Waals surface area contributed by atoms with Gasteiger partial charge in [-0.05, 0) is 82.2 Å². The fraction of sp³-hybridized carbons (Fsp3) is 0.441. The zero-order chi connectivity index (χ0) is 28.0. The van der Waals surface area contributed by atoms with Crippen LogP contribution in [0.1, 0.15) is 109 Å². The molecule has 0 spiro atoms. The van der Waals surface area contributed by atoms with Crippen molar-refractivity contribution in [2.24, 2.45) is 4.99 Å². The summed E-state index contributed by atoms with van der Waals surface area (Å²) in [6, 6.07) is 12.3. The van der Waals surface area contributed by atoms with Crippen LogP contribution in [0.2, 0.25) is 5.02 Å². The first-order valence-electron chi connectivity index (χ1n) is 13.7. The van der Waals surface area contributed by atoms with Gasteiger partial charge in [0.1, 0.15) is 5.82 Å². The molecule has 0 saturated carbocycles. The van der Waals surface area contributed by atoms with Gasteiger partial charge in [-0.3, -0.25) is 4.99 Å². The molecule has 0 aliphatic heterocycles. The summed E-state index contributed by atoms with van der Waals surface area (Å²) in [6.07, 6.45) is 9.78. The second kappa shape index (κ2) is 17.1. The molecule has 0 saturated heterocycles. The molecule has 0 heterocycles. The van der Waals surface area contributed by atoms with Crippen LogP contribution in [-0.2, 0) is 6.42 Å². The summed E-state index contributed by atoms with van der Waals surface area (Å²) in [7, 11) is 0. The average molecular weight is 524 g/mol. The van der Waals surface area contributed by atoms with Crippen molar-refractivity contribution >= 4 is 22.9 Å². The van der Waals surface area contributed by atoms with Crippen LogP contribution >= 0.6 is 11.6 Å². The van der Waals surface area contributed by atoms with Gasteiger partial charge >= 0.3 is 0 Å². The number of nitrogens with zero attached hydrogens (tertiary/aromatic N) is 1. The third-order valence-corrected chi connectivity index (χ3v) is 6.90. The van der Waals surface area contributed by atoms with Crippen LogP contribution in [0, 0.1) is 12.7 Å². The van der Waals surface area contributed by atoms with Crippen LogP contribution in [0.15, 0.2) is 71.4 Å². The van der Waals surface area contributed by atoms with E-state index in [0.717, 1.165) is 60.8 Å². The molecular formula is C34H47ClFN. The highest BCUT2D eigenvalue weighted by Gasteiger charge is 2.20. The minimum absolute atomic E-state index is 0.210. The van der Waals surface area contributed by atoms with Crippen molar-refractivity contribution < 1.29 is 4.39 Å². The molecule has 1 atom stereocenters. The summed E-state index contributed by atoms with van der Waals surface area (Å²) in [6.45, 7) is 20.6. The molecule has 0 aliphatic rings. The maximum atomic E-state index is 15.0. The van der Waals surface area contributed by atoms with Crippen molar-refractivity contribution in [3.63, 3.8) is 0 Å². The maximum absolute atomic E-state index is 15.0. The SMILES string of the molecule is C=C(C)/C=C\N=C(C)CCC.CCCC/C(=C(/C)C(C)c1ccc(C)cc1)c1c(CC)ccc(Cl)c1F. The Morgan fingerprint density at radius 3 is 2.19 bits per heavy atom. The van der Waals surface area contributed by atoms with Crippen LogP contribution in [0.5, 0.6) is 0 Å². The number of hydrogen-bond donors (Lipinski definition) is 0. The van der Waals surface area contributed by atoms with Gasteiger partial charge in [0.15, 0.2) is 0 Å². The molecule has 202 valence electrons. The molecule has 0 N–H and O–H groups in total. The molecule has 0 fully saturated rings. The van der Waals surface area contributed by atoms with Crippen molar-refractivity contribution in [1.29, 1.82) is 0 Å². The Morgan fingerprint density at radius 2 is 1.65 bits per heavy atom. The Morgan fingerprint density at radius 1 is 1.00 bits per heavy atom. The largest absolute Gasteiger partial charge is 0.266 e. The third kappa shape index (κ3) is 10.8. The second-order valence-electron chi connectivity index (χ2n) is 9.92. The van der Waals surface area contributed by atoms with Crippen molar-refractivity contribution in [3.05, 3.63) is 99.5 Å². The van der Waals surface area contributed by atoms with Crippen molar-refractivity contribution in [2.45, 2.75) is 99.8 Å². The summed E-state index contributed by atoms with van der Waals surface area (Å²) in [4.78, 5) is 4.23. The van der Waals surface area contributed by atoms with E-state index in [9.17, 15) is 0 Å². The first-order valence-corrected chi connectivity index (χ1v) is 14.0. The molecule has 0 aliphatic carbocycles. The molecule has 1 nitrogen and oxygen atoms in total. The predicted molar refractivity (Wildman–Crippen MR) is 164 cm³/mol. The smallest absolute Gasteiger partial charge is 0.149 e. The zero-order valence-corrected chi connectivity index (χ0v) is 25.1. The van der Waals surface area contributed by atoms with Gasteiger partial charge in [-0.15, -0.1) is 0 Å². The molecular weight excluding hydrogens is 477 g/mol. The first kappa shape index (κ1) is 32.6. The maximum Gasteiger partial charge on any atom is 0.149 e. The summed E-state index contributed by atoms with van der Waals surface area (Å²) >= 11 is 6.14. The molecule has 37 heavy (non-hydrogen) atoms. The lowest BCUT2D eigenvalue weighted by atomic mass is 9.84. The minimum Gasteiger partial charge on any atom is -0.266 e. The van der Waals surface area contributed by atoms with Gasteiger partial charge in [-0.1, -0.05) is 106 Å². The zero-order valence-electron chi connectivity index (χ0n) is 24.3. The van der Waals surface area contributed by atoms with Gasteiger partial charge in [-0.25, -0.2) is 4.39 Å². The van der Waals surface area contributed by atoms with Crippen LogP contribution in [0.3, 0.4) is 0 Å². The van der Waals surface area contributed by atoms with E-state index in [0.29, 0.717) is 0 Å². The van der Waals surface area contributed by atoms with E-state index in [1.54, 1.807) is 6.07 Å². The lowest BCUT2D eigenvalue weighted by Crippen LogP contribution is -2.04. The topological polar surface area (TPSA) is 12.4 Å². The molecule has 3 heteroatoms. The number of unbranched alkanes of at least 4 members (excludes halogenated alkanes) is 1. The van der Waals surface area contributed by atoms with E-state index in [1.807, 2.05) is 32.2 Å². The summed E-state index contributed by atoms with van der Waals surface area (Å²) in [5.41, 5.74) is 8.86. The summed E-state index contributed by atoms with van der Waals surface area (Å²) in [5, 5.41) is 0.210. The van der Waals surface area contributed by atoms with Gasteiger partial charge in [0.25, 0.3) is 0 Å². The van der Waals surface area contributed by atoms with Crippen LogP contribution in [-0.4, -0.2) is 5.71 Å². The minimum atomic E-state index is -0.271. The standard InChI is InChI=1S/C24H30ClF.C10H17N/c1-6-8-9-21(23-19(7-2)14-15-22(25)24(23)26)18(5)17(4)20-12-10-16(3)11-13-20;1-5-6-10(4)11-8-7-9(2)3/h10-15,17H,6-9H2,1-5H3;7-8H,2,5-6H2,1,3-4H3/b21-18+;8-7-,11-10?. The monoisotopic (exact) mass is 523 g/mol. The van der Waals surface area contributed by atoms with Gasteiger partial charge in [0.05, 0.1) is 5.02 Å².